The first-order valence-corrected chi connectivity index (χ1v) is 13.3. The van der Waals surface area contributed by atoms with E-state index in [1.165, 1.54) is 18.4 Å². The molecular weight excluding hydrogens is 462 g/mol. The van der Waals surface area contributed by atoms with Gasteiger partial charge in [0.2, 0.25) is 0 Å². The average Bonchev–Trinajstić information content (AvgIpc) is 3.45. The Morgan fingerprint density at radius 2 is 1.92 bits per heavy atom. The summed E-state index contributed by atoms with van der Waals surface area (Å²) >= 11 is 0. The van der Waals surface area contributed by atoms with E-state index in [0.717, 1.165) is 52.8 Å². The fraction of sp³-hybridized carbons (Fsp3) is 0.517. The summed E-state index contributed by atoms with van der Waals surface area (Å²) in [4.78, 5) is 25.3. The molecule has 4 N–H and O–H groups in total. The third kappa shape index (κ3) is 5.12. The molecule has 8 heteroatoms. The molecule has 3 aromatic rings. The molecule has 0 aromatic carbocycles. The van der Waals surface area contributed by atoms with Crippen molar-refractivity contribution in [2.75, 3.05) is 0 Å². The van der Waals surface area contributed by atoms with Gasteiger partial charge in [0.05, 0.1) is 24.5 Å². The Hall–Kier alpha value is -3.26. The highest BCUT2D eigenvalue weighted by molar-refractivity contribution is 6.08. The number of hydrogen-bond donors (Lipinski definition) is 3. The van der Waals surface area contributed by atoms with Crippen LogP contribution in [0.4, 0.5) is 0 Å². The van der Waals surface area contributed by atoms with Crippen LogP contribution in [0.15, 0.2) is 34.2 Å². The minimum Gasteiger partial charge on any atom is -0.383 e. The normalized spacial score (nSPS) is 19.9. The maximum absolute atomic E-state index is 12.6. The molecule has 0 amide bonds. The maximum atomic E-state index is 12.6. The zero-order valence-electron chi connectivity index (χ0n) is 22.9. The van der Waals surface area contributed by atoms with Gasteiger partial charge in [-0.1, -0.05) is 18.9 Å². The Balaban J connectivity index is 1.63. The van der Waals surface area contributed by atoms with Gasteiger partial charge in [-0.2, -0.15) is 5.10 Å². The number of amidine groups is 1. The fourth-order valence-electron chi connectivity index (χ4n) is 6.22. The molecule has 0 bridgehead atoms. The molecule has 2 aliphatic rings. The number of nitrogens with two attached hydrogens (primary N) is 1. The van der Waals surface area contributed by atoms with Gasteiger partial charge < -0.3 is 16.0 Å². The van der Waals surface area contributed by atoms with Gasteiger partial charge in [0.25, 0.3) is 5.56 Å². The maximum Gasteiger partial charge on any atom is 0.253 e. The topological polar surface area (TPSA) is 114 Å². The van der Waals surface area contributed by atoms with Crippen LogP contribution >= 0.6 is 0 Å². The molecule has 0 atom stereocenters. The molecule has 8 nitrogen and oxygen atoms in total. The molecule has 37 heavy (non-hydrogen) atoms. The lowest BCUT2D eigenvalue weighted by Gasteiger charge is -2.41. The van der Waals surface area contributed by atoms with E-state index in [9.17, 15) is 4.79 Å². The number of hydrogen-bond acceptors (Lipinski definition) is 5. The van der Waals surface area contributed by atoms with E-state index in [4.69, 9.17) is 20.8 Å². The van der Waals surface area contributed by atoms with Gasteiger partial charge in [-0.3, -0.25) is 9.79 Å². The summed E-state index contributed by atoms with van der Waals surface area (Å²) < 4.78 is 2.09. The lowest BCUT2D eigenvalue weighted by atomic mass is 9.82. The third-order valence-electron chi connectivity index (χ3n) is 7.57. The Bertz CT molecular complexity index is 1470. The number of fused-ring (bicyclic) bond motifs is 1. The van der Waals surface area contributed by atoms with Gasteiger partial charge in [0.15, 0.2) is 5.65 Å². The van der Waals surface area contributed by atoms with Crippen LogP contribution in [-0.2, 0) is 6.54 Å². The molecule has 1 aliphatic heterocycles. The standard InChI is InChI=1S/C29H39N7O/c1-17-11-18(2)33-27(37)22(17)15-31-25(30)21-12-24(19-13-28(3,4)35-29(5,6)14-19)34-26-23(21)16-32-36(26)20-9-7-8-10-20/h11-13,16,20,35H,7-10,14-15H2,1-6H3,(H2,30,31)(H,33,37). The molecule has 196 valence electrons. The molecular formula is C29H39N7O. The second kappa shape index (κ2) is 9.24. The van der Waals surface area contributed by atoms with Crippen LogP contribution < -0.4 is 16.6 Å². The largest absolute Gasteiger partial charge is 0.383 e. The summed E-state index contributed by atoms with van der Waals surface area (Å²) in [5.74, 6) is 0.395. The second-order valence-electron chi connectivity index (χ2n) is 12.0. The van der Waals surface area contributed by atoms with Gasteiger partial charge in [0, 0.05) is 33.3 Å². The zero-order chi connectivity index (χ0) is 26.5. The smallest absolute Gasteiger partial charge is 0.253 e. The minimum atomic E-state index is -0.163. The number of aliphatic imine (C=N–C) groups is 1. The first kappa shape index (κ1) is 25.4. The highest BCUT2D eigenvalue weighted by Crippen LogP contribution is 2.36. The Morgan fingerprint density at radius 1 is 1.19 bits per heavy atom. The van der Waals surface area contributed by atoms with Gasteiger partial charge >= 0.3 is 0 Å². The van der Waals surface area contributed by atoms with Crippen molar-refractivity contribution in [2.45, 2.75) is 97.3 Å². The summed E-state index contributed by atoms with van der Waals surface area (Å²) in [7, 11) is 0. The Kier molecular flexibility index (Phi) is 6.34. The summed E-state index contributed by atoms with van der Waals surface area (Å²) in [5.41, 5.74) is 12.5. The van der Waals surface area contributed by atoms with Crippen LogP contribution in [0, 0.1) is 13.8 Å². The summed E-state index contributed by atoms with van der Waals surface area (Å²) in [6.45, 7) is 12.9. The highest BCUT2D eigenvalue weighted by Gasteiger charge is 2.33. The van der Waals surface area contributed by atoms with Gasteiger partial charge in [0.1, 0.15) is 5.84 Å². The minimum absolute atomic E-state index is 0.0697. The molecule has 5 rings (SSSR count). The van der Waals surface area contributed by atoms with Crippen LogP contribution in [0.5, 0.6) is 0 Å². The van der Waals surface area contributed by atoms with E-state index >= 15 is 0 Å². The molecule has 3 aromatic heterocycles. The van der Waals surface area contributed by atoms with E-state index in [0.29, 0.717) is 17.4 Å². The summed E-state index contributed by atoms with van der Waals surface area (Å²) in [6, 6.07) is 4.37. The molecule has 0 radical (unpaired) electrons. The molecule has 1 saturated carbocycles. The SMILES string of the molecule is Cc1cc(C)c(CN=C(N)c2cc(C3=CC(C)(C)NC(C)(C)C3)nc3c2cnn3C2CCCC2)c(=O)[nH]1. The number of aromatic nitrogens is 4. The van der Waals surface area contributed by atoms with Crippen LogP contribution in [0.3, 0.4) is 0 Å². The molecule has 0 unspecified atom stereocenters. The molecule has 0 saturated heterocycles. The summed E-state index contributed by atoms with van der Waals surface area (Å²) in [6.07, 6.45) is 9.65. The van der Waals surface area contributed by atoms with E-state index in [1.807, 2.05) is 26.1 Å². The molecule has 4 heterocycles. The highest BCUT2D eigenvalue weighted by atomic mass is 16.1. The van der Waals surface area contributed by atoms with Crippen molar-refractivity contribution in [3.8, 4) is 0 Å². The predicted molar refractivity (Wildman–Crippen MR) is 150 cm³/mol. The number of nitrogens with one attached hydrogen (secondary N) is 2. The van der Waals surface area contributed by atoms with Crippen LogP contribution in [-0.4, -0.2) is 36.7 Å². The second-order valence-corrected chi connectivity index (χ2v) is 12.0. The Morgan fingerprint density at radius 3 is 2.59 bits per heavy atom. The van der Waals surface area contributed by atoms with E-state index in [2.05, 4.69) is 54.8 Å². The van der Waals surface area contributed by atoms with Crippen molar-refractivity contribution in [3.05, 3.63) is 62.8 Å². The zero-order valence-corrected chi connectivity index (χ0v) is 22.9. The van der Waals surface area contributed by atoms with Crippen molar-refractivity contribution in [3.63, 3.8) is 0 Å². The molecule has 0 spiro atoms. The van der Waals surface area contributed by atoms with E-state index in [-0.39, 0.29) is 23.2 Å². The fourth-order valence-corrected chi connectivity index (χ4v) is 6.22. The van der Waals surface area contributed by atoms with Gasteiger partial charge in [-0.25, -0.2) is 9.67 Å². The monoisotopic (exact) mass is 501 g/mol. The number of aromatic amines is 1. The number of aryl methyl sites for hydroxylation is 2. The summed E-state index contributed by atoms with van der Waals surface area (Å²) in [5, 5.41) is 9.39. The lowest BCUT2D eigenvalue weighted by Crippen LogP contribution is -2.53. The van der Waals surface area contributed by atoms with Crippen molar-refractivity contribution in [1.29, 1.82) is 0 Å². The third-order valence-corrected chi connectivity index (χ3v) is 7.57. The lowest BCUT2D eigenvalue weighted by molar-refractivity contribution is 0.297. The number of nitrogens with zero attached hydrogens (tertiary/aromatic N) is 4. The molecule has 1 fully saturated rings. The molecule has 1 aliphatic carbocycles. The first-order chi connectivity index (χ1) is 17.4. The quantitative estimate of drug-likeness (QED) is 0.347. The van der Waals surface area contributed by atoms with E-state index in [1.54, 1.807) is 0 Å². The number of rotatable bonds is 5. The van der Waals surface area contributed by atoms with Crippen LogP contribution in [0.2, 0.25) is 0 Å². The van der Waals surface area contributed by atoms with Crippen LogP contribution in [0.1, 0.15) is 93.9 Å². The number of H-pyrrole nitrogens is 1. The Labute approximate surface area is 218 Å². The van der Waals surface area contributed by atoms with Crippen molar-refractivity contribution in [2.24, 2.45) is 10.7 Å². The van der Waals surface area contributed by atoms with Gasteiger partial charge in [-0.05, 0) is 84.1 Å². The first-order valence-electron chi connectivity index (χ1n) is 13.3. The average molecular weight is 502 g/mol. The van der Waals surface area contributed by atoms with Crippen LogP contribution in [0.25, 0.3) is 16.6 Å². The van der Waals surface area contributed by atoms with E-state index < -0.39 is 0 Å². The van der Waals surface area contributed by atoms with Gasteiger partial charge in [-0.15, -0.1) is 0 Å². The predicted octanol–water partition coefficient (Wildman–Crippen LogP) is 4.69. The van der Waals surface area contributed by atoms with Crippen molar-refractivity contribution in [1.82, 2.24) is 25.1 Å². The van der Waals surface area contributed by atoms with Crippen molar-refractivity contribution >= 4 is 22.4 Å². The van der Waals surface area contributed by atoms with Crippen molar-refractivity contribution < 1.29 is 0 Å². The number of pyridine rings is 2.